The van der Waals surface area contributed by atoms with Gasteiger partial charge in [0.2, 0.25) is 11.8 Å². The highest BCUT2D eigenvalue weighted by atomic mass is 16.2. The lowest BCUT2D eigenvalue weighted by Gasteiger charge is -2.21. The second-order valence-electron chi connectivity index (χ2n) is 5.63. The van der Waals surface area contributed by atoms with Gasteiger partial charge in [-0.05, 0) is 39.4 Å². The van der Waals surface area contributed by atoms with E-state index in [1.165, 1.54) is 6.92 Å². The molecule has 0 aromatic rings. The van der Waals surface area contributed by atoms with Gasteiger partial charge in [0.25, 0.3) is 0 Å². The highest BCUT2D eigenvalue weighted by Gasteiger charge is 2.13. The van der Waals surface area contributed by atoms with Crippen LogP contribution in [-0.2, 0) is 9.59 Å². The third kappa shape index (κ3) is 10.5. The normalized spacial score (nSPS) is 10.9. The van der Waals surface area contributed by atoms with Crippen LogP contribution in [0.1, 0.15) is 33.6 Å². The van der Waals surface area contributed by atoms with Crippen LogP contribution in [0.5, 0.6) is 0 Å². The SMILES string of the molecule is CC(=O)N(CCCN(C)C)CC(=O)NCCC(C)C. The smallest absolute Gasteiger partial charge is 0.239 e. The van der Waals surface area contributed by atoms with Crippen molar-refractivity contribution in [2.24, 2.45) is 5.92 Å². The second kappa shape index (κ2) is 9.78. The van der Waals surface area contributed by atoms with E-state index in [0.717, 1.165) is 19.4 Å². The molecule has 0 saturated heterocycles. The topological polar surface area (TPSA) is 52.7 Å². The molecule has 5 nitrogen and oxygen atoms in total. The molecule has 1 N–H and O–H groups in total. The van der Waals surface area contributed by atoms with Gasteiger partial charge in [-0.2, -0.15) is 0 Å². The molecule has 19 heavy (non-hydrogen) atoms. The van der Waals surface area contributed by atoms with Crippen LogP contribution >= 0.6 is 0 Å². The van der Waals surface area contributed by atoms with E-state index >= 15 is 0 Å². The molecule has 0 bridgehead atoms. The van der Waals surface area contributed by atoms with Crippen LogP contribution in [0.2, 0.25) is 0 Å². The van der Waals surface area contributed by atoms with Crippen LogP contribution < -0.4 is 5.32 Å². The molecule has 0 aromatic carbocycles. The van der Waals surface area contributed by atoms with Gasteiger partial charge in [-0.15, -0.1) is 0 Å². The Hall–Kier alpha value is -1.10. The van der Waals surface area contributed by atoms with E-state index in [-0.39, 0.29) is 18.4 Å². The van der Waals surface area contributed by atoms with Crippen LogP contribution in [0, 0.1) is 5.92 Å². The molecule has 0 fully saturated rings. The highest BCUT2D eigenvalue weighted by Crippen LogP contribution is 1.97. The zero-order chi connectivity index (χ0) is 14.8. The summed E-state index contributed by atoms with van der Waals surface area (Å²) < 4.78 is 0. The van der Waals surface area contributed by atoms with E-state index < -0.39 is 0 Å². The number of amides is 2. The fourth-order valence-corrected chi connectivity index (χ4v) is 1.66. The Labute approximate surface area is 117 Å². The fraction of sp³-hybridized carbons (Fsp3) is 0.857. The molecule has 0 unspecified atom stereocenters. The quantitative estimate of drug-likeness (QED) is 0.679. The van der Waals surface area contributed by atoms with E-state index in [4.69, 9.17) is 0 Å². The summed E-state index contributed by atoms with van der Waals surface area (Å²) in [5.41, 5.74) is 0. The summed E-state index contributed by atoms with van der Waals surface area (Å²) in [6.07, 6.45) is 1.85. The predicted octanol–water partition coefficient (Wildman–Crippen LogP) is 0.949. The molecule has 112 valence electrons. The molecule has 5 heteroatoms. The molecule has 0 aliphatic carbocycles. The first-order chi connectivity index (χ1) is 8.82. The Morgan fingerprint density at radius 2 is 1.79 bits per heavy atom. The standard InChI is InChI=1S/C14H29N3O2/c1-12(2)7-8-15-14(19)11-17(13(3)18)10-6-9-16(4)5/h12H,6-11H2,1-5H3,(H,15,19). The minimum absolute atomic E-state index is 0.0437. The summed E-state index contributed by atoms with van der Waals surface area (Å²) in [6, 6.07) is 0. The van der Waals surface area contributed by atoms with Gasteiger partial charge < -0.3 is 15.1 Å². The van der Waals surface area contributed by atoms with Crippen molar-refractivity contribution in [3.05, 3.63) is 0 Å². The highest BCUT2D eigenvalue weighted by molar-refractivity contribution is 5.83. The molecule has 0 atom stereocenters. The molecule has 0 aromatic heterocycles. The average Bonchev–Trinajstić information content (AvgIpc) is 2.26. The van der Waals surface area contributed by atoms with Crippen LogP contribution in [0.4, 0.5) is 0 Å². The Morgan fingerprint density at radius 1 is 1.16 bits per heavy atom. The van der Waals surface area contributed by atoms with E-state index in [1.54, 1.807) is 4.90 Å². The average molecular weight is 271 g/mol. The molecule has 0 spiro atoms. The number of carbonyl (C=O) groups is 2. The number of carbonyl (C=O) groups excluding carboxylic acids is 2. The van der Waals surface area contributed by atoms with Crippen molar-refractivity contribution in [3.8, 4) is 0 Å². The Kier molecular flexibility index (Phi) is 9.21. The summed E-state index contributed by atoms with van der Waals surface area (Å²) >= 11 is 0. The maximum Gasteiger partial charge on any atom is 0.239 e. The summed E-state index contributed by atoms with van der Waals surface area (Å²) in [6.45, 7) is 8.15. The van der Waals surface area contributed by atoms with Crippen molar-refractivity contribution in [2.75, 3.05) is 40.3 Å². The molecule has 0 rings (SSSR count). The molecular formula is C14H29N3O2. The van der Waals surface area contributed by atoms with E-state index in [0.29, 0.717) is 19.0 Å². The summed E-state index contributed by atoms with van der Waals surface area (Å²) in [4.78, 5) is 26.9. The molecule has 2 amide bonds. The van der Waals surface area contributed by atoms with Crippen LogP contribution in [0.3, 0.4) is 0 Å². The minimum Gasteiger partial charge on any atom is -0.355 e. The number of hydrogen-bond donors (Lipinski definition) is 1. The van der Waals surface area contributed by atoms with Gasteiger partial charge in [0, 0.05) is 20.0 Å². The molecular weight excluding hydrogens is 242 g/mol. The lowest BCUT2D eigenvalue weighted by molar-refractivity contribution is -0.134. The van der Waals surface area contributed by atoms with Gasteiger partial charge in [0.15, 0.2) is 0 Å². The summed E-state index contributed by atoms with van der Waals surface area (Å²) in [5, 5.41) is 2.86. The minimum atomic E-state index is -0.0688. The molecule has 0 radical (unpaired) electrons. The Morgan fingerprint density at radius 3 is 2.26 bits per heavy atom. The van der Waals surface area contributed by atoms with Gasteiger partial charge in [0.05, 0.1) is 6.54 Å². The number of hydrogen-bond acceptors (Lipinski definition) is 3. The summed E-state index contributed by atoms with van der Waals surface area (Å²) in [5.74, 6) is 0.461. The van der Waals surface area contributed by atoms with Gasteiger partial charge in [-0.25, -0.2) is 0 Å². The van der Waals surface area contributed by atoms with Crippen molar-refractivity contribution >= 4 is 11.8 Å². The van der Waals surface area contributed by atoms with Crippen LogP contribution in [0.15, 0.2) is 0 Å². The van der Waals surface area contributed by atoms with E-state index in [1.807, 2.05) is 14.1 Å². The maximum absolute atomic E-state index is 11.7. The second-order valence-corrected chi connectivity index (χ2v) is 5.63. The van der Waals surface area contributed by atoms with Crippen LogP contribution in [-0.4, -0.2) is 61.9 Å². The first-order valence-corrected chi connectivity index (χ1v) is 7.00. The van der Waals surface area contributed by atoms with Gasteiger partial charge in [-0.1, -0.05) is 13.8 Å². The lowest BCUT2D eigenvalue weighted by Crippen LogP contribution is -2.41. The van der Waals surface area contributed by atoms with Crippen LogP contribution in [0.25, 0.3) is 0 Å². The van der Waals surface area contributed by atoms with Crippen molar-refractivity contribution < 1.29 is 9.59 Å². The van der Waals surface area contributed by atoms with Gasteiger partial charge >= 0.3 is 0 Å². The number of nitrogens with one attached hydrogen (secondary N) is 1. The maximum atomic E-state index is 11.7. The number of nitrogens with zero attached hydrogens (tertiary/aromatic N) is 2. The third-order valence-electron chi connectivity index (χ3n) is 2.86. The first-order valence-electron chi connectivity index (χ1n) is 7.00. The largest absolute Gasteiger partial charge is 0.355 e. The van der Waals surface area contributed by atoms with Crippen molar-refractivity contribution in [2.45, 2.75) is 33.6 Å². The van der Waals surface area contributed by atoms with Crippen molar-refractivity contribution in [1.29, 1.82) is 0 Å². The monoisotopic (exact) mass is 271 g/mol. The molecule has 0 saturated carbocycles. The lowest BCUT2D eigenvalue weighted by atomic mass is 10.1. The zero-order valence-corrected chi connectivity index (χ0v) is 13.0. The molecule has 0 heterocycles. The molecule has 0 aliphatic rings. The predicted molar refractivity (Wildman–Crippen MR) is 77.9 cm³/mol. The van der Waals surface area contributed by atoms with Crippen molar-refractivity contribution in [1.82, 2.24) is 15.1 Å². The first kappa shape index (κ1) is 17.9. The van der Waals surface area contributed by atoms with E-state index in [9.17, 15) is 9.59 Å². The molecule has 0 aliphatic heterocycles. The fourth-order valence-electron chi connectivity index (χ4n) is 1.66. The zero-order valence-electron chi connectivity index (χ0n) is 13.0. The van der Waals surface area contributed by atoms with Crippen molar-refractivity contribution in [3.63, 3.8) is 0 Å². The third-order valence-corrected chi connectivity index (χ3v) is 2.86. The summed E-state index contributed by atoms with van der Waals surface area (Å²) in [7, 11) is 3.99. The van der Waals surface area contributed by atoms with Gasteiger partial charge in [0.1, 0.15) is 0 Å². The number of rotatable bonds is 9. The Balaban J connectivity index is 3.98. The van der Waals surface area contributed by atoms with E-state index in [2.05, 4.69) is 24.1 Å². The Bertz CT molecular complexity index is 278. The van der Waals surface area contributed by atoms with Gasteiger partial charge in [-0.3, -0.25) is 9.59 Å².